The molecule has 1 aromatic heterocycles. The summed E-state index contributed by atoms with van der Waals surface area (Å²) in [6, 6.07) is 12.6. The SMILES string of the molecule is O=C1C[C@H](NC(=O)c2ccc(CN3CCCC3=O)c(Oc3ccc(-c4cnc(C5CC5)cn4)cc3)c2)CN1. The molecular formula is C29H29N5O4. The van der Waals surface area contributed by atoms with Gasteiger partial charge >= 0.3 is 0 Å². The maximum Gasteiger partial charge on any atom is 0.251 e. The van der Waals surface area contributed by atoms with E-state index in [1.54, 1.807) is 12.1 Å². The Bertz CT molecular complexity index is 1370. The fourth-order valence-electron chi connectivity index (χ4n) is 4.87. The summed E-state index contributed by atoms with van der Waals surface area (Å²) in [6.07, 6.45) is 7.71. The lowest BCUT2D eigenvalue weighted by atomic mass is 10.1. The van der Waals surface area contributed by atoms with Crippen LogP contribution in [0.4, 0.5) is 0 Å². The van der Waals surface area contributed by atoms with Crippen LogP contribution in [0.5, 0.6) is 11.5 Å². The Kier molecular flexibility index (Phi) is 6.49. The van der Waals surface area contributed by atoms with Gasteiger partial charge in [-0.2, -0.15) is 0 Å². The average Bonchev–Trinajstić information content (AvgIpc) is 3.59. The first-order valence-corrected chi connectivity index (χ1v) is 13.1. The molecule has 0 bridgehead atoms. The van der Waals surface area contributed by atoms with Crippen LogP contribution in [0.3, 0.4) is 0 Å². The van der Waals surface area contributed by atoms with Crippen LogP contribution in [0, 0.1) is 0 Å². The van der Waals surface area contributed by atoms with E-state index in [0.717, 1.165) is 28.9 Å². The summed E-state index contributed by atoms with van der Waals surface area (Å²) in [5, 5.41) is 5.63. The van der Waals surface area contributed by atoms with Gasteiger partial charge in [-0.15, -0.1) is 0 Å². The van der Waals surface area contributed by atoms with Crippen LogP contribution >= 0.6 is 0 Å². The van der Waals surface area contributed by atoms with Crippen molar-refractivity contribution in [3.63, 3.8) is 0 Å². The van der Waals surface area contributed by atoms with Crippen LogP contribution in [0.15, 0.2) is 54.9 Å². The largest absolute Gasteiger partial charge is 0.457 e. The van der Waals surface area contributed by atoms with E-state index in [1.807, 2.05) is 47.6 Å². The minimum atomic E-state index is -0.274. The third kappa shape index (κ3) is 5.37. The van der Waals surface area contributed by atoms with E-state index in [-0.39, 0.29) is 30.2 Å². The number of carbonyl (C=O) groups is 3. The number of aromatic nitrogens is 2. The molecule has 3 heterocycles. The maximum absolute atomic E-state index is 12.9. The van der Waals surface area contributed by atoms with Gasteiger partial charge in [0, 0.05) is 61.3 Å². The van der Waals surface area contributed by atoms with E-state index in [2.05, 4.69) is 20.6 Å². The number of carbonyl (C=O) groups excluding carboxylic acids is 3. The highest BCUT2D eigenvalue weighted by molar-refractivity contribution is 5.95. The van der Waals surface area contributed by atoms with E-state index in [9.17, 15) is 14.4 Å². The Morgan fingerprint density at radius 3 is 2.58 bits per heavy atom. The van der Waals surface area contributed by atoms with E-state index in [1.165, 1.54) is 12.8 Å². The molecule has 2 N–H and O–H groups in total. The summed E-state index contributed by atoms with van der Waals surface area (Å²) in [6.45, 7) is 1.54. The molecule has 2 saturated heterocycles. The molecule has 3 aliphatic rings. The van der Waals surface area contributed by atoms with Gasteiger partial charge in [-0.25, -0.2) is 0 Å². The lowest BCUT2D eigenvalue weighted by Gasteiger charge is -2.19. The van der Waals surface area contributed by atoms with Gasteiger partial charge in [0.05, 0.1) is 23.6 Å². The third-order valence-electron chi connectivity index (χ3n) is 7.22. The minimum Gasteiger partial charge on any atom is -0.457 e. The first kappa shape index (κ1) is 24.1. The first-order valence-electron chi connectivity index (χ1n) is 13.1. The zero-order valence-electron chi connectivity index (χ0n) is 21.0. The quantitative estimate of drug-likeness (QED) is 0.478. The number of hydrogen-bond acceptors (Lipinski definition) is 6. The van der Waals surface area contributed by atoms with Crippen LogP contribution in [0.25, 0.3) is 11.3 Å². The second-order valence-corrected chi connectivity index (χ2v) is 10.1. The van der Waals surface area contributed by atoms with Crippen molar-refractivity contribution in [1.29, 1.82) is 0 Å². The highest BCUT2D eigenvalue weighted by Crippen LogP contribution is 2.38. The number of nitrogens with zero attached hydrogens (tertiary/aromatic N) is 3. The van der Waals surface area contributed by atoms with Crippen molar-refractivity contribution in [3.8, 4) is 22.8 Å². The number of benzene rings is 2. The second-order valence-electron chi connectivity index (χ2n) is 10.1. The summed E-state index contributed by atoms with van der Waals surface area (Å²) in [5.41, 5.74) is 4.03. The molecule has 6 rings (SSSR count). The number of ether oxygens (including phenoxy) is 1. The molecule has 1 saturated carbocycles. The Morgan fingerprint density at radius 2 is 1.92 bits per heavy atom. The van der Waals surface area contributed by atoms with Crippen molar-refractivity contribution in [3.05, 3.63) is 71.7 Å². The zero-order chi connectivity index (χ0) is 26.1. The highest BCUT2D eigenvalue weighted by Gasteiger charge is 2.26. The van der Waals surface area contributed by atoms with Gasteiger partial charge in [-0.3, -0.25) is 24.4 Å². The van der Waals surface area contributed by atoms with Gasteiger partial charge in [0.2, 0.25) is 11.8 Å². The molecule has 9 nitrogen and oxygen atoms in total. The number of rotatable bonds is 8. The standard InChI is InChI=1S/C29H29N5O4/c35-27-13-22(14-32-27)33-29(37)20-5-6-21(17-34-11-1-2-28(34)36)26(12-20)38-23-9-7-19(8-10-23)25-16-30-24(15-31-25)18-3-4-18/h5-10,12,15-16,18,22H,1-4,11,13-14,17H2,(H,32,35)(H,33,37)/t22-/m0/s1. The molecule has 1 atom stereocenters. The highest BCUT2D eigenvalue weighted by atomic mass is 16.5. The second kappa shape index (κ2) is 10.2. The summed E-state index contributed by atoms with van der Waals surface area (Å²) in [7, 11) is 0. The normalized spacial score (nSPS) is 18.9. The van der Waals surface area contributed by atoms with Crippen molar-refractivity contribution in [2.45, 2.75) is 50.6 Å². The van der Waals surface area contributed by atoms with E-state index in [0.29, 0.717) is 49.0 Å². The van der Waals surface area contributed by atoms with Crippen molar-refractivity contribution in [2.24, 2.45) is 0 Å². The van der Waals surface area contributed by atoms with Gasteiger partial charge in [-0.05, 0) is 55.7 Å². The van der Waals surface area contributed by atoms with Gasteiger partial charge in [0.25, 0.3) is 5.91 Å². The first-order chi connectivity index (χ1) is 18.5. The smallest absolute Gasteiger partial charge is 0.251 e. The van der Waals surface area contributed by atoms with E-state index < -0.39 is 0 Å². The van der Waals surface area contributed by atoms with Crippen LogP contribution < -0.4 is 15.4 Å². The molecule has 194 valence electrons. The fourth-order valence-corrected chi connectivity index (χ4v) is 4.87. The average molecular weight is 512 g/mol. The number of nitrogens with one attached hydrogen (secondary N) is 2. The van der Waals surface area contributed by atoms with E-state index in [4.69, 9.17) is 4.74 Å². The van der Waals surface area contributed by atoms with Crippen LogP contribution in [-0.2, 0) is 16.1 Å². The van der Waals surface area contributed by atoms with Crippen molar-refractivity contribution >= 4 is 17.7 Å². The Morgan fingerprint density at radius 1 is 1.08 bits per heavy atom. The predicted molar refractivity (Wildman–Crippen MR) is 139 cm³/mol. The summed E-state index contributed by atoms with van der Waals surface area (Å²) in [5.74, 6) is 1.46. The minimum absolute atomic E-state index is 0.0711. The lowest BCUT2D eigenvalue weighted by molar-refractivity contribution is -0.128. The predicted octanol–water partition coefficient (Wildman–Crippen LogP) is 3.55. The fraction of sp³-hybridized carbons (Fsp3) is 0.345. The van der Waals surface area contributed by atoms with Gasteiger partial charge in [0.15, 0.2) is 0 Å². The van der Waals surface area contributed by atoms with Gasteiger partial charge in [0.1, 0.15) is 11.5 Å². The zero-order valence-corrected chi connectivity index (χ0v) is 21.0. The molecule has 0 spiro atoms. The monoisotopic (exact) mass is 511 g/mol. The molecule has 9 heteroatoms. The number of likely N-dealkylation sites (tertiary alicyclic amines) is 1. The summed E-state index contributed by atoms with van der Waals surface area (Å²) in [4.78, 5) is 47.6. The molecule has 1 aliphatic carbocycles. The van der Waals surface area contributed by atoms with Crippen molar-refractivity contribution < 1.29 is 19.1 Å². The molecular weight excluding hydrogens is 482 g/mol. The maximum atomic E-state index is 12.9. The summed E-state index contributed by atoms with van der Waals surface area (Å²) >= 11 is 0. The van der Waals surface area contributed by atoms with Crippen LogP contribution in [0.2, 0.25) is 0 Å². The van der Waals surface area contributed by atoms with Crippen LogP contribution in [-0.4, -0.2) is 51.7 Å². The molecule has 38 heavy (non-hydrogen) atoms. The molecule has 2 aromatic carbocycles. The van der Waals surface area contributed by atoms with Crippen molar-refractivity contribution in [2.75, 3.05) is 13.1 Å². The third-order valence-corrected chi connectivity index (χ3v) is 7.22. The topological polar surface area (TPSA) is 114 Å². The Hall–Kier alpha value is -4.27. The molecule has 3 amide bonds. The van der Waals surface area contributed by atoms with Gasteiger partial charge < -0.3 is 20.3 Å². The molecule has 0 radical (unpaired) electrons. The molecule has 0 unspecified atom stereocenters. The lowest BCUT2D eigenvalue weighted by Crippen LogP contribution is -2.36. The van der Waals surface area contributed by atoms with Crippen LogP contribution in [0.1, 0.15) is 59.6 Å². The molecule has 3 aromatic rings. The summed E-state index contributed by atoms with van der Waals surface area (Å²) < 4.78 is 6.26. The Labute approximate surface area is 220 Å². The van der Waals surface area contributed by atoms with Crippen molar-refractivity contribution in [1.82, 2.24) is 25.5 Å². The number of amides is 3. The number of hydrogen-bond donors (Lipinski definition) is 2. The van der Waals surface area contributed by atoms with E-state index >= 15 is 0 Å². The molecule has 3 fully saturated rings. The molecule has 2 aliphatic heterocycles. The Balaban J connectivity index is 1.21. The van der Waals surface area contributed by atoms with Gasteiger partial charge in [-0.1, -0.05) is 6.07 Å².